The van der Waals surface area contributed by atoms with Crippen LogP contribution in [-0.4, -0.2) is 43.2 Å². The molecular weight excluding hydrogens is 296 g/mol. The standard InChI is InChI=1S/C17H26N2O2S/c1-14(15-6-3-2-4-7-15)21-10-5-8-19-17(20)12-16-13-22-11-9-18-16/h2-4,6-7,14,16,18H,5,8-13H2,1H3,(H,19,20). The fraction of sp³-hybridized carbons (Fsp3) is 0.588. The number of hydrogen-bond donors (Lipinski definition) is 2. The van der Waals surface area contributed by atoms with Gasteiger partial charge < -0.3 is 15.4 Å². The van der Waals surface area contributed by atoms with E-state index in [-0.39, 0.29) is 12.0 Å². The molecule has 0 bridgehead atoms. The number of carbonyl (C=O) groups excluding carboxylic acids is 1. The highest BCUT2D eigenvalue weighted by Crippen LogP contribution is 2.15. The second-order valence-corrected chi connectivity index (χ2v) is 6.71. The summed E-state index contributed by atoms with van der Waals surface area (Å²) in [6, 6.07) is 10.5. The number of rotatable bonds is 8. The SMILES string of the molecule is CC(OCCCNC(=O)CC1CSCCN1)c1ccccc1. The molecule has 4 nitrogen and oxygen atoms in total. The highest BCUT2D eigenvalue weighted by atomic mass is 32.2. The van der Waals surface area contributed by atoms with E-state index in [4.69, 9.17) is 4.74 Å². The number of thioether (sulfide) groups is 1. The molecule has 2 N–H and O–H groups in total. The molecule has 1 aliphatic rings. The summed E-state index contributed by atoms with van der Waals surface area (Å²) in [5.41, 5.74) is 1.19. The molecule has 1 fully saturated rings. The second-order valence-electron chi connectivity index (χ2n) is 5.56. The van der Waals surface area contributed by atoms with Gasteiger partial charge >= 0.3 is 0 Å². The van der Waals surface area contributed by atoms with E-state index in [0.717, 1.165) is 24.5 Å². The van der Waals surface area contributed by atoms with E-state index in [9.17, 15) is 4.79 Å². The molecule has 0 aliphatic carbocycles. The van der Waals surface area contributed by atoms with Crippen LogP contribution >= 0.6 is 11.8 Å². The summed E-state index contributed by atoms with van der Waals surface area (Å²) < 4.78 is 5.79. The summed E-state index contributed by atoms with van der Waals surface area (Å²) in [5, 5.41) is 6.35. The molecule has 0 radical (unpaired) electrons. The molecule has 22 heavy (non-hydrogen) atoms. The second kappa shape index (κ2) is 9.87. The maximum Gasteiger partial charge on any atom is 0.221 e. The Bertz CT molecular complexity index is 436. The molecule has 1 heterocycles. The summed E-state index contributed by atoms with van der Waals surface area (Å²) >= 11 is 1.92. The summed E-state index contributed by atoms with van der Waals surface area (Å²) in [5.74, 6) is 2.32. The zero-order valence-corrected chi connectivity index (χ0v) is 14.0. The monoisotopic (exact) mass is 322 g/mol. The van der Waals surface area contributed by atoms with Crippen LogP contribution in [0.3, 0.4) is 0 Å². The van der Waals surface area contributed by atoms with Gasteiger partial charge in [-0.1, -0.05) is 30.3 Å². The lowest BCUT2D eigenvalue weighted by Gasteiger charge is -2.22. The Labute approximate surface area is 137 Å². The van der Waals surface area contributed by atoms with Crippen molar-refractivity contribution in [2.45, 2.75) is 31.9 Å². The molecule has 2 unspecified atom stereocenters. The zero-order chi connectivity index (χ0) is 15.6. The molecule has 1 aromatic carbocycles. The Morgan fingerprint density at radius 1 is 1.45 bits per heavy atom. The van der Waals surface area contributed by atoms with Gasteiger partial charge in [-0.25, -0.2) is 0 Å². The summed E-state index contributed by atoms with van der Waals surface area (Å²) in [6.07, 6.45) is 1.52. The minimum atomic E-state index is 0.0976. The maximum atomic E-state index is 11.8. The molecule has 2 atom stereocenters. The average Bonchev–Trinajstić information content (AvgIpc) is 2.56. The van der Waals surface area contributed by atoms with Crippen molar-refractivity contribution in [1.29, 1.82) is 0 Å². The molecule has 1 saturated heterocycles. The first kappa shape index (κ1) is 17.3. The van der Waals surface area contributed by atoms with Gasteiger partial charge in [-0.05, 0) is 18.9 Å². The van der Waals surface area contributed by atoms with E-state index in [1.165, 1.54) is 5.56 Å². The Kier molecular flexibility index (Phi) is 7.77. The molecule has 0 saturated carbocycles. The van der Waals surface area contributed by atoms with Crippen LogP contribution in [0.25, 0.3) is 0 Å². The normalized spacial score (nSPS) is 19.6. The third-order valence-corrected chi connectivity index (χ3v) is 4.84. The lowest BCUT2D eigenvalue weighted by Crippen LogP contribution is -2.41. The fourth-order valence-electron chi connectivity index (χ4n) is 2.43. The largest absolute Gasteiger partial charge is 0.374 e. The first-order valence-electron chi connectivity index (χ1n) is 8.00. The molecule has 0 spiro atoms. The summed E-state index contributed by atoms with van der Waals surface area (Å²) in [6.45, 7) is 4.40. The molecule has 0 aromatic heterocycles. The van der Waals surface area contributed by atoms with Gasteiger partial charge in [0, 0.05) is 43.7 Å². The molecule has 1 aromatic rings. The average molecular weight is 322 g/mol. The number of amides is 1. The van der Waals surface area contributed by atoms with Crippen molar-refractivity contribution in [2.75, 3.05) is 31.2 Å². The van der Waals surface area contributed by atoms with E-state index < -0.39 is 0 Å². The maximum absolute atomic E-state index is 11.8. The third-order valence-electron chi connectivity index (χ3n) is 3.71. The topological polar surface area (TPSA) is 50.4 Å². The van der Waals surface area contributed by atoms with Gasteiger partial charge in [0.05, 0.1) is 6.10 Å². The Morgan fingerprint density at radius 3 is 3.00 bits per heavy atom. The van der Waals surface area contributed by atoms with Crippen molar-refractivity contribution in [2.24, 2.45) is 0 Å². The van der Waals surface area contributed by atoms with Crippen LogP contribution in [0.1, 0.15) is 31.4 Å². The molecular formula is C17H26N2O2S. The number of hydrogen-bond acceptors (Lipinski definition) is 4. The van der Waals surface area contributed by atoms with Gasteiger partial charge in [-0.15, -0.1) is 0 Å². The Balaban J connectivity index is 1.52. The minimum Gasteiger partial charge on any atom is -0.374 e. The van der Waals surface area contributed by atoms with E-state index in [2.05, 4.69) is 29.7 Å². The van der Waals surface area contributed by atoms with Gasteiger partial charge in [0.1, 0.15) is 0 Å². The van der Waals surface area contributed by atoms with Crippen molar-refractivity contribution in [1.82, 2.24) is 10.6 Å². The number of nitrogens with one attached hydrogen (secondary N) is 2. The number of carbonyl (C=O) groups is 1. The van der Waals surface area contributed by atoms with Gasteiger partial charge in [-0.2, -0.15) is 11.8 Å². The van der Waals surface area contributed by atoms with Crippen LogP contribution in [-0.2, 0) is 9.53 Å². The summed E-state index contributed by atoms with van der Waals surface area (Å²) in [4.78, 5) is 11.8. The van der Waals surface area contributed by atoms with Crippen LogP contribution in [0.2, 0.25) is 0 Å². The van der Waals surface area contributed by atoms with Gasteiger partial charge in [0.2, 0.25) is 5.91 Å². The highest BCUT2D eigenvalue weighted by Gasteiger charge is 2.16. The first-order valence-corrected chi connectivity index (χ1v) is 9.15. The molecule has 2 rings (SSSR count). The van der Waals surface area contributed by atoms with E-state index >= 15 is 0 Å². The van der Waals surface area contributed by atoms with Crippen LogP contribution in [0.5, 0.6) is 0 Å². The molecule has 5 heteroatoms. The quantitative estimate of drug-likeness (QED) is 0.722. The first-order chi connectivity index (χ1) is 10.8. The van der Waals surface area contributed by atoms with Crippen molar-refractivity contribution in [3.63, 3.8) is 0 Å². The minimum absolute atomic E-state index is 0.0976. The highest BCUT2D eigenvalue weighted by molar-refractivity contribution is 7.99. The van der Waals surface area contributed by atoms with Crippen molar-refractivity contribution in [3.8, 4) is 0 Å². The Morgan fingerprint density at radius 2 is 2.27 bits per heavy atom. The number of benzene rings is 1. The third kappa shape index (κ3) is 6.38. The van der Waals surface area contributed by atoms with Crippen molar-refractivity contribution < 1.29 is 9.53 Å². The van der Waals surface area contributed by atoms with Crippen LogP contribution in [0, 0.1) is 0 Å². The van der Waals surface area contributed by atoms with Crippen LogP contribution in [0.4, 0.5) is 0 Å². The molecule has 122 valence electrons. The summed E-state index contributed by atoms with van der Waals surface area (Å²) in [7, 11) is 0. The number of ether oxygens (including phenoxy) is 1. The van der Waals surface area contributed by atoms with E-state index in [1.54, 1.807) is 0 Å². The fourth-order valence-corrected chi connectivity index (χ4v) is 3.38. The lowest BCUT2D eigenvalue weighted by molar-refractivity contribution is -0.121. The van der Waals surface area contributed by atoms with Crippen LogP contribution in [0.15, 0.2) is 30.3 Å². The predicted octanol–water partition coefficient (Wildman–Crippen LogP) is 2.37. The predicted molar refractivity (Wildman–Crippen MR) is 92.2 cm³/mol. The van der Waals surface area contributed by atoms with Gasteiger partial charge in [-0.3, -0.25) is 4.79 Å². The Hall–Kier alpha value is -1.04. The van der Waals surface area contributed by atoms with Gasteiger partial charge in [0.15, 0.2) is 0 Å². The van der Waals surface area contributed by atoms with E-state index in [0.29, 0.717) is 25.6 Å². The molecule has 1 aliphatic heterocycles. The van der Waals surface area contributed by atoms with Crippen molar-refractivity contribution in [3.05, 3.63) is 35.9 Å². The smallest absolute Gasteiger partial charge is 0.221 e. The zero-order valence-electron chi connectivity index (χ0n) is 13.2. The van der Waals surface area contributed by atoms with Crippen LogP contribution < -0.4 is 10.6 Å². The molecule has 1 amide bonds. The van der Waals surface area contributed by atoms with Gasteiger partial charge in [0.25, 0.3) is 0 Å². The lowest BCUT2D eigenvalue weighted by atomic mass is 10.1. The van der Waals surface area contributed by atoms with E-state index in [1.807, 2.05) is 30.0 Å². The van der Waals surface area contributed by atoms with Crippen molar-refractivity contribution >= 4 is 17.7 Å².